The standard InChI is InChI=1S/C11H19N3O3/c1-7(17-5)6-14-9(11(2,3)4)8(10(15)16)12-13-14/h7H,6H2,1-5H3,(H,15,16). The first-order chi connectivity index (χ1) is 7.77. The molecule has 0 fully saturated rings. The molecule has 6 heteroatoms. The number of rotatable bonds is 4. The second-order valence-corrected chi connectivity index (χ2v) is 5.07. The minimum absolute atomic E-state index is 0.0146. The van der Waals surface area contributed by atoms with Crippen LogP contribution >= 0.6 is 0 Å². The second-order valence-electron chi connectivity index (χ2n) is 5.07. The molecule has 6 nitrogen and oxygen atoms in total. The van der Waals surface area contributed by atoms with E-state index < -0.39 is 5.97 Å². The first kappa shape index (κ1) is 13.6. The number of nitrogens with zero attached hydrogens (tertiary/aromatic N) is 3. The lowest BCUT2D eigenvalue weighted by molar-refractivity contribution is 0.0686. The van der Waals surface area contributed by atoms with Gasteiger partial charge in [0, 0.05) is 12.5 Å². The number of carboxylic acid groups (broad SMARTS) is 1. The lowest BCUT2D eigenvalue weighted by Crippen LogP contribution is -2.25. The van der Waals surface area contributed by atoms with Crippen molar-refractivity contribution in [2.24, 2.45) is 0 Å². The van der Waals surface area contributed by atoms with E-state index in [4.69, 9.17) is 9.84 Å². The summed E-state index contributed by atoms with van der Waals surface area (Å²) in [4.78, 5) is 11.1. The van der Waals surface area contributed by atoms with Gasteiger partial charge in [0.25, 0.3) is 0 Å². The topological polar surface area (TPSA) is 77.2 Å². The molecule has 0 aliphatic heterocycles. The van der Waals surface area contributed by atoms with Crippen LogP contribution in [0.25, 0.3) is 0 Å². The van der Waals surface area contributed by atoms with Crippen molar-refractivity contribution < 1.29 is 14.6 Å². The monoisotopic (exact) mass is 241 g/mol. The number of methoxy groups -OCH3 is 1. The molecule has 17 heavy (non-hydrogen) atoms. The summed E-state index contributed by atoms with van der Waals surface area (Å²) in [5.41, 5.74) is 0.305. The van der Waals surface area contributed by atoms with E-state index in [2.05, 4.69) is 10.3 Å². The molecule has 0 radical (unpaired) electrons. The summed E-state index contributed by atoms with van der Waals surface area (Å²) in [6.45, 7) is 8.20. The van der Waals surface area contributed by atoms with Crippen LogP contribution in [0.5, 0.6) is 0 Å². The van der Waals surface area contributed by atoms with Gasteiger partial charge in [0.1, 0.15) is 0 Å². The molecule has 1 unspecified atom stereocenters. The zero-order valence-corrected chi connectivity index (χ0v) is 10.9. The van der Waals surface area contributed by atoms with Crippen LogP contribution in [-0.4, -0.2) is 39.3 Å². The fourth-order valence-corrected chi connectivity index (χ4v) is 1.65. The molecule has 0 spiro atoms. The van der Waals surface area contributed by atoms with Crippen LogP contribution in [0.2, 0.25) is 0 Å². The number of aromatic nitrogens is 3. The van der Waals surface area contributed by atoms with E-state index in [0.29, 0.717) is 12.2 Å². The van der Waals surface area contributed by atoms with Crippen LogP contribution in [0.3, 0.4) is 0 Å². The van der Waals surface area contributed by atoms with Crippen molar-refractivity contribution in [3.8, 4) is 0 Å². The van der Waals surface area contributed by atoms with Gasteiger partial charge >= 0.3 is 5.97 Å². The van der Waals surface area contributed by atoms with Crippen molar-refractivity contribution in [1.82, 2.24) is 15.0 Å². The molecule has 1 N–H and O–H groups in total. The van der Waals surface area contributed by atoms with Crippen LogP contribution < -0.4 is 0 Å². The SMILES string of the molecule is COC(C)Cn1nnc(C(=O)O)c1C(C)(C)C. The summed E-state index contributed by atoms with van der Waals surface area (Å²) in [7, 11) is 1.61. The highest BCUT2D eigenvalue weighted by Gasteiger charge is 2.29. The Morgan fingerprint density at radius 3 is 2.53 bits per heavy atom. The summed E-state index contributed by atoms with van der Waals surface area (Å²) in [6, 6.07) is 0. The van der Waals surface area contributed by atoms with E-state index in [-0.39, 0.29) is 17.2 Å². The van der Waals surface area contributed by atoms with Crippen LogP contribution in [0, 0.1) is 0 Å². The van der Waals surface area contributed by atoms with Crippen LogP contribution in [0.1, 0.15) is 43.9 Å². The molecule has 1 atom stereocenters. The smallest absolute Gasteiger partial charge is 0.358 e. The van der Waals surface area contributed by atoms with E-state index in [1.807, 2.05) is 27.7 Å². The van der Waals surface area contributed by atoms with Crippen molar-refractivity contribution >= 4 is 5.97 Å². The fraction of sp³-hybridized carbons (Fsp3) is 0.727. The minimum atomic E-state index is -1.05. The van der Waals surface area contributed by atoms with E-state index in [9.17, 15) is 4.79 Å². The Kier molecular flexibility index (Phi) is 3.87. The van der Waals surface area contributed by atoms with Gasteiger partial charge in [-0.3, -0.25) is 0 Å². The minimum Gasteiger partial charge on any atom is -0.476 e. The molecule has 1 aromatic heterocycles. The third-order valence-electron chi connectivity index (χ3n) is 2.48. The highest BCUT2D eigenvalue weighted by molar-refractivity contribution is 5.86. The average molecular weight is 241 g/mol. The Morgan fingerprint density at radius 2 is 2.12 bits per heavy atom. The fourth-order valence-electron chi connectivity index (χ4n) is 1.65. The summed E-state index contributed by atoms with van der Waals surface area (Å²) >= 11 is 0. The lowest BCUT2D eigenvalue weighted by atomic mass is 9.90. The van der Waals surface area contributed by atoms with Gasteiger partial charge in [-0.1, -0.05) is 26.0 Å². The lowest BCUT2D eigenvalue weighted by Gasteiger charge is -2.21. The van der Waals surface area contributed by atoms with Gasteiger partial charge in [-0.2, -0.15) is 0 Å². The third kappa shape index (κ3) is 3.03. The highest BCUT2D eigenvalue weighted by atomic mass is 16.5. The predicted molar refractivity (Wildman–Crippen MR) is 62.2 cm³/mol. The van der Waals surface area contributed by atoms with Gasteiger partial charge in [-0.15, -0.1) is 5.10 Å². The number of hydrogen-bond donors (Lipinski definition) is 1. The zero-order valence-electron chi connectivity index (χ0n) is 10.9. The maximum absolute atomic E-state index is 11.1. The summed E-state index contributed by atoms with van der Waals surface area (Å²) < 4.78 is 6.76. The Hall–Kier alpha value is -1.43. The van der Waals surface area contributed by atoms with Crippen LogP contribution in [-0.2, 0) is 16.7 Å². The third-order valence-corrected chi connectivity index (χ3v) is 2.48. The Morgan fingerprint density at radius 1 is 1.53 bits per heavy atom. The predicted octanol–water partition coefficient (Wildman–Crippen LogP) is 1.31. The summed E-state index contributed by atoms with van der Waals surface area (Å²) in [5.74, 6) is -1.05. The van der Waals surface area contributed by atoms with Gasteiger partial charge in [-0.25, -0.2) is 9.48 Å². The highest BCUT2D eigenvalue weighted by Crippen LogP contribution is 2.24. The number of carbonyl (C=O) groups is 1. The Labute approximate surface area is 101 Å². The van der Waals surface area contributed by atoms with Crippen molar-refractivity contribution in [2.75, 3.05) is 7.11 Å². The number of hydrogen-bond acceptors (Lipinski definition) is 4. The second kappa shape index (κ2) is 4.83. The molecule has 0 bridgehead atoms. The van der Waals surface area contributed by atoms with Crippen molar-refractivity contribution in [3.05, 3.63) is 11.4 Å². The van der Waals surface area contributed by atoms with Crippen molar-refractivity contribution in [2.45, 2.75) is 45.8 Å². The summed E-state index contributed by atoms with van der Waals surface area (Å²) in [6.07, 6.45) is -0.0422. The number of carboxylic acids is 1. The molecule has 1 aromatic rings. The van der Waals surface area contributed by atoms with Crippen LogP contribution in [0.15, 0.2) is 0 Å². The molecule has 0 amide bonds. The van der Waals surface area contributed by atoms with Gasteiger partial charge in [0.2, 0.25) is 0 Å². The molecular formula is C11H19N3O3. The first-order valence-corrected chi connectivity index (χ1v) is 5.47. The van der Waals surface area contributed by atoms with E-state index in [0.717, 1.165) is 0 Å². The van der Waals surface area contributed by atoms with Crippen molar-refractivity contribution in [3.63, 3.8) is 0 Å². The van der Waals surface area contributed by atoms with E-state index in [1.165, 1.54) is 0 Å². The molecule has 0 aliphatic carbocycles. The quantitative estimate of drug-likeness (QED) is 0.860. The maximum atomic E-state index is 11.1. The van der Waals surface area contributed by atoms with Gasteiger partial charge in [-0.05, 0) is 6.92 Å². The van der Waals surface area contributed by atoms with Gasteiger partial charge in [0.05, 0.1) is 18.3 Å². The molecule has 0 saturated carbocycles. The number of aromatic carboxylic acids is 1. The molecule has 96 valence electrons. The van der Waals surface area contributed by atoms with E-state index in [1.54, 1.807) is 11.8 Å². The normalized spacial score (nSPS) is 13.7. The zero-order chi connectivity index (χ0) is 13.2. The van der Waals surface area contributed by atoms with Crippen molar-refractivity contribution in [1.29, 1.82) is 0 Å². The molecule has 0 saturated heterocycles. The molecule has 0 aromatic carbocycles. The summed E-state index contributed by atoms with van der Waals surface area (Å²) in [5, 5.41) is 16.7. The van der Waals surface area contributed by atoms with Gasteiger partial charge < -0.3 is 9.84 Å². The maximum Gasteiger partial charge on any atom is 0.358 e. The molecular weight excluding hydrogens is 222 g/mol. The van der Waals surface area contributed by atoms with Crippen LogP contribution in [0.4, 0.5) is 0 Å². The molecule has 1 rings (SSSR count). The molecule has 0 aliphatic rings. The first-order valence-electron chi connectivity index (χ1n) is 5.47. The van der Waals surface area contributed by atoms with Gasteiger partial charge in [0.15, 0.2) is 5.69 Å². The average Bonchev–Trinajstić information content (AvgIpc) is 2.60. The van der Waals surface area contributed by atoms with E-state index >= 15 is 0 Å². The molecule has 1 heterocycles. The Balaban J connectivity index is 3.19. The largest absolute Gasteiger partial charge is 0.476 e. The number of ether oxygens (including phenoxy) is 1. The Bertz CT molecular complexity index is 407.